The predicted octanol–water partition coefficient (Wildman–Crippen LogP) is 1.26. The van der Waals surface area contributed by atoms with Gasteiger partial charge in [-0.15, -0.1) is 0 Å². The summed E-state index contributed by atoms with van der Waals surface area (Å²) in [6, 6.07) is 18.7. The fourth-order valence-electron chi connectivity index (χ4n) is 5.98. The fraction of sp³-hybridized carbons (Fsp3) is 0.514. The van der Waals surface area contributed by atoms with Crippen LogP contribution >= 0.6 is 0 Å². The molecule has 15 nitrogen and oxygen atoms in total. The van der Waals surface area contributed by atoms with Gasteiger partial charge in [-0.3, -0.25) is 0 Å². The standard InChI is InChI=1S/C35H40O15Se/c1-18(36)41-16-25-27(43-19(2)37)29(44-20(3)38)31(45-21(4)39)34(47-25)50-30-28-26(17-42-33(49-28)23-12-8-6-9-13-23)48-35(32(30)46-22(5)40)51-24-14-10-7-11-15-24/h6-15,25-35H,16-17H2,1-5H3/t25-,26-,27-,28-,29+,30+,31-,32-,33-,34-,35+/m1/s1. The van der Waals surface area contributed by atoms with Gasteiger partial charge in [0.1, 0.15) is 0 Å². The van der Waals surface area contributed by atoms with Crippen molar-refractivity contribution in [1.29, 1.82) is 0 Å². The van der Waals surface area contributed by atoms with Crippen molar-refractivity contribution < 1.29 is 71.3 Å². The van der Waals surface area contributed by atoms with Crippen LogP contribution < -0.4 is 4.46 Å². The summed E-state index contributed by atoms with van der Waals surface area (Å²) in [5.41, 5.74) is 0.710. The van der Waals surface area contributed by atoms with Crippen LogP contribution in [0.1, 0.15) is 46.5 Å². The molecule has 2 aromatic rings. The van der Waals surface area contributed by atoms with Crippen LogP contribution in [0.4, 0.5) is 0 Å². The first-order valence-electron chi connectivity index (χ1n) is 16.2. The van der Waals surface area contributed by atoms with E-state index < -0.39 is 118 Å². The van der Waals surface area contributed by atoms with Gasteiger partial charge in [0.15, 0.2) is 0 Å². The van der Waals surface area contributed by atoms with Crippen molar-refractivity contribution in [2.75, 3.05) is 13.2 Å². The van der Waals surface area contributed by atoms with E-state index in [1.807, 2.05) is 60.7 Å². The average molecular weight is 780 g/mol. The molecule has 3 aliphatic rings. The Morgan fingerprint density at radius 3 is 1.82 bits per heavy atom. The van der Waals surface area contributed by atoms with Crippen molar-refractivity contribution in [1.82, 2.24) is 0 Å². The Hall–Kier alpha value is -3.89. The second-order valence-corrected chi connectivity index (χ2v) is 14.4. The molecule has 0 unspecified atom stereocenters. The minimum atomic E-state index is -1.57. The molecular weight excluding hydrogens is 739 g/mol. The summed E-state index contributed by atoms with van der Waals surface area (Å²) in [6.45, 7) is 5.43. The molecule has 3 heterocycles. The van der Waals surface area contributed by atoms with Crippen LogP contribution in [-0.2, 0) is 71.3 Å². The van der Waals surface area contributed by atoms with Crippen molar-refractivity contribution in [3.8, 4) is 0 Å². The molecule has 0 saturated carbocycles. The summed E-state index contributed by atoms with van der Waals surface area (Å²) in [5.74, 6) is -3.66. The zero-order valence-electron chi connectivity index (χ0n) is 28.6. The normalized spacial score (nSPS) is 31.7. The van der Waals surface area contributed by atoms with Crippen LogP contribution in [0.3, 0.4) is 0 Å². The van der Waals surface area contributed by atoms with E-state index in [1.165, 1.54) is 13.8 Å². The van der Waals surface area contributed by atoms with E-state index in [0.29, 0.717) is 5.56 Å². The molecule has 16 heteroatoms. The number of esters is 5. The Labute approximate surface area is 300 Å². The monoisotopic (exact) mass is 780 g/mol. The molecule has 3 aliphatic heterocycles. The van der Waals surface area contributed by atoms with Crippen molar-refractivity contribution in [2.24, 2.45) is 0 Å². The molecule has 0 radical (unpaired) electrons. The zero-order chi connectivity index (χ0) is 36.7. The van der Waals surface area contributed by atoms with Gasteiger partial charge in [-0.25, -0.2) is 0 Å². The molecule has 3 fully saturated rings. The first-order chi connectivity index (χ1) is 24.4. The number of ether oxygens (including phenoxy) is 10. The summed E-state index contributed by atoms with van der Waals surface area (Å²) in [7, 11) is 0. The molecule has 0 bridgehead atoms. The van der Waals surface area contributed by atoms with E-state index in [-0.39, 0.29) is 6.61 Å². The Kier molecular flexibility index (Phi) is 13.2. The second-order valence-electron chi connectivity index (χ2n) is 11.9. The van der Waals surface area contributed by atoms with Gasteiger partial charge in [0.25, 0.3) is 0 Å². The van der Waals surface area contributed by atoms with E-state index in [2.05, 4.69) is 0 Å². The average Bonchev–Trinajstić information content (AvgIpc) is 3.07. The van der Waals surface area contributed by atoms with E-state index >= 15 is 0 Å². The molecule has 0 aromatic heterocycles. The number of carbonyl (C=O) groups is 5. The third kappa shape index (κ3) is 10.1. The van der Waals surface area contributed by atoms with Gasteiger partial charge in [0.2, 0.25) is 0 Å². The van der Waals surface area contributed by atoms with Gasteiger partial charge in [-0.1, -0.05) is 0 Å². The summed E-state index contributed by atoms with van der Waals surface area (Å²) < 4.78 is 60.9. The maximum absolute atomic E-state index is 12.7. The first-order valence-corrected chi connectivity index (χ1v) is 18.1. The van der Waals surface area contributed by atoms with Gasteiger partial charge in [-0.05, 0) is 0 Å². The van der Waals surface area contributed by atoms with E-state index in [0.717, 1.165) is 25.2 Å². The van der Waals surface area contributed by atoms with Gasteiger partial charge in [0, 0.05) is 0 Å². The van der Waals surface area contributed by atoms with E-state index in [1.54, 1.807) is 0 Å². The molecule has 0 spiro atoms. The van der Waals surface area contributed by atoms with Gasteiger partial charge >= 0.3 is 301 Å². The van der Waals surface area contributed by atoms with Crippen LogP contribution in [0.15, 0.2) is 60.7 Å². The number of hydrogen-bond acceptors (Lipinski definition) is 15. The Balaban J connectivity index is 1.57. The molecular formula is C35H40O15Se. The van der Waals surface area contributed by atoms with Crippen LogP contribution in [0, 0.1) is 0 Å². The summed E-state index contributed by atoms with van der Waals surface area (Å²) in [5, 5.41) is -0.721. The van der Waals surface area contributed by atoms with Gasteiger partial charge in [-0.2, -0.15) is 0 Å². The number of fused-ring (bicyclic) bond motifs is 1. The second kappa shape index (κ2) is 17.6. The third-order valence-electron chi connectivity index (χ3n) is 7.89. The van der Waals surface area contributed by atoms with E-state index in [9.17, 15) is 24.0 Å². The third-order valence-corrected chi connectivity index (χ3v) is 10.3. The number of rotatable bonds is 11. The number of carbonyl (C=O) groups excluding carboxylic acids is 5. The quantitative estimate of drug-likeness (QED) is 0.181. The minimum absolute atomic E-state index is 0.0802. The van der Waals surface area contributed by atoms with Crippen molar-refractivity contribution >= 4 is 49.3 Å². The zero-order valence-corrected chi connectivity index (χ0v) is 30.3. The Morgan fingerprint density at radius 2 is 1.22 bits per heavy atom. The van der Waals surface area contributed by atoms with Crippen LogP contribution in [0.25, 0.3) is 0 Å². The summed E-state index contributed by atoms with van der Waals surface area (Å²) in [6.07, 6.45) is -12.0. The molecule has 0 N–H and O–H groups in total. The summed E-state index contributed by atoms with van der Waals surface area (Å²) >= 11 is -0.439. The molecule has 51 heavy (non-hydrogen) atoms. The molecule has 276 valence electrons. The molecule has 0 aliphatic carbocycles. The van der Waals surface area contributed by atoms with Crippen molar-refractivity contribution in [3.05, 3.63) is 66.2 Å². The predicted molar refractivity (Wildman–Crippen MR) is 173 cm³/mol. The maximum atomic E-state index is 12.7. The SMILES string of the molecule is CC(=O)OC[C@H]1O[C@H](O[C@@H]2[C@@H](OC(C)=O)[C@H]([Se]c3ccccc3)O[C@@H]3CO[C@@H](c4ccccc4)O[C@@H]23)[C@H](OC(C)=O)[C@@H](OC(C)=O)[C@@H]1OC(C)=O. The fourth-order valence-corrected chi connectivity index (χ4v) is 8.34. The van der Waals surface area contributed by atoms with Crippen LogP contribution in [0.5, 0.6) is 0 Å². The van der Waals surface area contributed by atoms with Gasteiger partial charge in [0.05, 0.1) is 0 Å². The topological polar surface area (TPSA) is 178 Å². The molecule has 5 rings (SSSR count). The molecule has 0 amide bonds. The molecule has 2 aromatic carbocycles. The summed E-state index contributed by atoms with van der Waals surface area (Å²) in [4.78, 5) is 61.7. The Morgan fingerprint density at radius 1 is 0.647 bits per heavy atom. The van der Waals surface area contributed by atoms with Crippen molar-refractivity contribution in [3.63, 3.8) is 0 Å². The first kappa shape index (κ1) is 38.3. The van der Waals surface area contributed by atoms with Gasteiger partial charge < -0.3 is 0 Å². The number of hydrogen-bond donors (Lipinski definition) is 0. The van der Waals surface area contributed by atoms with Crippen LogP contribution in [0.2, 0.25) is 0 Å². The molecule has 11 atom stereocenters. The molecule has 3 saturated heterocycles. The number of benzene rings is 2. The Bertz CT molecular complexity index is 1520. The van der Waals surface area contributed by atoms with E-state index in [4.69, 9.17) is 47.4 Å². The van der Waals surface area contributed by atoms with Crippen molar-refractivity contribution in [2.45, 2.75) is 101 Å². The van der Waals surface area contributed by atoms with Crippen LogP contribution in [-0.4, -0.2) is 118 Å².